The lowest BCUT2D eigenvalue weighted by molar-refractivity contribution is -0.165. The lowest BCUT2D eigenvalue weighted by Gasteiger charge is -2.37. The van der Waals surface area contributed by atoms with E-state index in [2.05, 4.69) is 95.3 Å². The van der Waals surface area contributed by atoms with Gasteiger partial charge in [-0.1, -0.05) is 84.5 Å². The maximum absolute atomic E-state index is 12.7. The molecule has 0 saturated heterocycles. The van der Waals surface area contributed by atoms with E-state index in [4.69, 9.17) is 4.74 Å². The monoisotopic (exact) mass is 553 g/mol. The second kappa shape index (κ2) is 24.8. The van der Waals surface area contributed by atoms with Crippen LogP contribution in [0.5, 0.6) is 0 Å². The van der Waals surface area contributed by atoms with Gasteiger partial charge in [0.05, 0.1) is 17.4 Å². The number of ether oxygens (including phenoxy) is 1. The molecule has 0 fully saturated rings. The number of carboxylic acid groups (broad SMARTS) is 1. The Kier molecular flexibility index (Phi) is 22.3. The molecular weight excluding hydrogens is 510 g/mol. The van der Waals surface area contributed by atoms with Crippen LogP contribution in [0, 0.1) is 94.8 Å². The summed E-state index contributed by atoms with van der Waals surface area (Å²) in [5.41, 5.74) is -0.980. The molecule has 41 heavy (non-hydrogen) atoms. The van der Waals surface area contributed by atoms with Crippen LogP contribution in [0.4, 0.5) is 0 Å². The van der Waals surface area contributed by atoms with Crippen LogP contribution >= 0.6 is 0 Å². The summed E-state index contributed by atoms with van der Waals surface area (Å²) < 4.78 is 6.11. The first-order chi connectivity index (χ1) is 19.8. The summed E-state index contributed by atoms with van der Waals surface area (Å²) in [6.07, 6.45) is 12.6. The van der Waals surface area contributed by atoms with Crippen molar-refractivity contribution in [1.29, 1.82) is 0 Å². The average Bonchev–Trinajstić information content (AvgIpc) is 2.95. The molecule has 0 heterocycles. The van der Waals surface area contributed by atoms with E-state index in [1.165, 1.54) is 44.9 Å². The molecule has 0 bridgehead atoms. The van der Waals surface area contributed by atoms with Crippen molar-refractivity contribution in [2.45, 2.75) is 111 Å². The van der Waals surface area contributed by atoms with Crippen LogP contribution in [0.2, 0.25) is 0 Å². The third-order valence-electron chi connectivity index (χ3n) is 6.53. The number of rotatable bonds is 17. The van der Waals surface area contributed by atoms with Crippen LogP contribution in [0.25, 0.3) is 0 Å². The van der Waals surface area contributed by atoms with Crippen LogP contribution in [0.3, 0.4) is 0 Å². The van der Waals surface area contributed by atoms with Crippen LogP contribution in [-0.4, -0.2) is 29.2 Å². The summed E-state index contributed by atoms with van der Waals surface area (Å²) in [6, 6.07) is 2.45. The molecule has 0 aromatic heterocycles. The minimum atomic E-state index is -1.07. The van der Waals surface area contributed by atoms with Gasteiger partial charge in [0.2, 0.25) is 5.91 Å². The van der Waals surface area contributed by atoms with Crippen LogP contribution in [-0.2, 0) is 14.3 Å². The van der Waals surface area contributed by atoms with Crippen LogP contribution in [0.1, 0.15) is 105 Å². The highest BCUT2D eigenvalue weighted by molar-refractivity contribution is 5.86. The molecule has 0 rings (SSSR count). The Labute approximate surface area is 248 Å². The van der Waals surface area contributed by atoms with Gasteiger partial charge in [-0.3, -0.25) is 14.9 Å². The van der Waals surface area contributed by atoms with Crippen molar-refractivity contribution in [2.75, 3.05) is 6.61 Å². The largest absolute Gasteiger partial charge is 0.481 e. The summed E-state index contributed by atoms with van der Waals surface area (Å²) in [5.74, 6) is 29.2. The Balaban J connectivity index is 4.76. The van der Waals surface area contributed by atoms with Gasteiger partial charge in [0.15, 0.2) is 0 Å². The van der Waals surface area contributed by atoms with Crippen molar-refractivity contribution < 1.29 is 19.4 Å². The van der Waals surface area contributed by atoms with Crippen molar-refractivity contribution in [1.82, 2.24) is 5.32 Å². The number of carbonyl (C=O) groups is 2. The van der Waals surface area contributed by atoms with Gasteiger partial charge < -0.3 is 9.84 Å². The molecule has 0 radical (unpaired) electrons. The molecule has 5 nitrogen and oxygen atoms in total. The molecule has 3 atom stereocenters. The SMILES string of the molecule is CC#CC#CC#CC#CC#CC#CC#CNC(=O)C(C)C(C(=O)O)C(C)(CC)OCCCCCCCCCCCC. The fourth-order valence-electron chi connectivity index (χ4n) is 4.07. The van der Waals surface area contributed by atoms with Gasteiger partial charge >= 0.3 is 5.97 Å². The van der Waals surface area contributed by atoms with Gasteiger partial charge in [0.1, 0.15) is 0 Å². The van der Waals surface area contributed by atoms with Gasteiger partial charge in [0.25, 0.3) is 0 Å². The van der Waals surface area contributed by atoms with Crippen molar-refractivity contribution in [3.63, 3.8) is 0 Å². The zero-order valence-corrected chi connectivity index (χ0v) is 25.3. The summed E-state index contributed by atoms with van der Waals surface area (Å²) in [7, 11) is 0. The van der Waals surface area contributed by atoms with Gasteiger partial charge in [0, 0.05) is 48.2 Å². The quantitative estimate of drug-likeness (QED) is 0.141. The van der Waals surface area contributed by atoms with Crippen molar-refractivity contribution in [3.05, 3.63) is 0 Å². The molecule has 2 N–H and O–H groups in total. The highest BCUT2D eigenvalue weighted by atomic mass is 16.5. The van der Waals surface area contributed by atoms with E-state index in [0.717, 1.165) is 19.3 Å². The number of aliphatic carboxylic acids is 1. The number of carbonyl (C=O) groups excluding carboxylic acids is 1. The lowest BCUT2D eigenvalue weighted by Crippen LogP contribution is -2.49. The Morgan fingerprint density at radius 2 is 1.17 bits per heavy atom. The molecule has 5 heteroatoms. The van der Waals surface area contributed by atoms with Gasteiger partial charge in [-0.15, -0.1) is 0 Å². The fourth-order valence-corrected chi connectivity index (χ4v) is 4.07. The van der Waals surface area contributed by atoms with Gasteiger partial charge in [-0.25, -0.2) is 0 Å². The molecule has 0 aliphatic carbocycles. The predicted octanol–water partition coefficient (Wildman–Crippen LogP) is 5.55. The van der Waals surface area contributed by atoms with E-state index in [-0.39, 0.29) is 0 Å². The average molecular weight is 554 g/mol. The summed E-state index contributed by atoms with van der Waals surface area (Å²) >= 11 is 0. The number of hydrogen-bond donors (Lipinski definition) is 2. The summed E-state index contributed by atoms with van der Waals surface area (Å²) in [4.78, 5) is 24.9. The maximum atomic E-state index is 12.7. The summed E-state index contributed by atoms with van der Waals surface area (Å²) in [5, 5.41) is 12.4. The van der Waals surface area contributed by atoms with Crippen molar-refractivity contribution >= 4 is 11.9 Å². The number of nitrogens with one attached hydrogen (secondary N) is 1. The predicted molar refractivity (Wildman–Crippen MR) is 165 cm³/mol. The molecule has 0 aromatic rings. The smallest absolute Gasteiger partial charge is 0.310 e. The lowest BCUT2D eigenvalue weighted by atomic mass is 9.77. The molecule has 0 spiro atoms. The van der Waals surface area contributed by atoms with E-state index in [9.17, 15) is 14.7 Å². The Morgan fingerprint density at radius 1 is 0.732 bits per heavy atom. The van der Waals surface area contributed by atoms with Gasteiger partial charge in [-0.05, 0) is 62.2 Å². The highest BCUT2D eigenvalue weighted by Gasteiger charge is 2.45. The number of hydrogen-bond acceptors (Lipinski definition) is 3. The third-order valence-corrected chi connectivity index (χ3v) is 6.53. The molecule has 216 valence electrons. The van der Waals surface area contributed by atoms with Crippen molar-refractivity contribution in [2.24, 2.45) is 11.8 Å². The highest BCUT2D eigenvalue weighted by Crippen LogP contribution is 2.32. The molecule has 1 amide bonds. The summed E-state index contributed by atoms with van der Waals surface area (Å²) in [6.45, 7) is 9.61. The number of unbranched alkanes of at least 4 members (excludes halogenated alkanes) is 9. The molecule has 0 saturated carbocycles. The van der Waals surface area contributed by atoms with E-state index < -0.39 is 29.3 Å². The Hall–Kier alpha value is -4.18. The van der Waals surface area contributed by atoms with Crippen LogP contribution < -0.4 is 5.32 Å². The number of carboxylic acids is 1. The maximum Gasteiger partial charge on any atom is 0.310 e. The van der Waals surface area contributed by atoms with Crippen molar-refractivity contribution in [3.8, 4) is 83.0 Å². The number of amides is 1. The third kappa shape index (κ3) is 18.7. The van der Waals surface area contributed by atoms with Gasteiger partial charge in [-0.2, -0.15) is 0 Å². The van der Waals surface area contributed by atoms with Crippen LogP contribution in [0.15, 0.2) is 0 Å². The minimum absolute atomic E-state index is 0.463. The molecule has 0 aromatic carbocycles. The van der Waals surface area contributed by atoms with E-state index in [0.29, 0.717) is 13.0 Å². The van der Waals surface area contributed by atoms with E-state index >= 15 is 0 Å². The zero-order valence-electron chi connectivity index (χ0n) is 25.3. The zero-order chi connectivity index (χ0) is 30.6. The molecule has 3 unspecified atom stereocenters. The minimum Gasteiger partial charge on any atom is -0.481 e. The molecule has 0 aliphatic rings. The van der Waals surface area contributed by atoms with E-state index in [1.807, 2.05) is 6.92 Å². The second-order valence-electron chi connectivity index (χ2n) is 9.67. The first-order valence-corrected chi connectivity index (χ1v) is 14.4. The van der Waals surface area contributed by atoms with E-state index in [1.54, 1.807) is 20.8 Å². The fraction of sp³-hybridized carbons (Fsp3) is 0.556. The topological polar surface area (TPSA) is 75.6 Å². The molecule has 0 aliphatic heterocycles. The Morgan fingerprint density at radius 3 is 1.61 bits per heavy atom. The normalized spacial score (nSPS) is 11.7. The second-order valence-corrected chi connectivity index (χ2v) is 9.67. The standard InChI is InChI=1S/C36H43NO4/c1-6-9-11-13-15-17-19-20-21-22-24-26-28-30-37-34(38)32(4)33(35(39)40)36(5,8-3)41-31-29-27-25-23-18-16-14-12-10-7-2/h32-33H,7-8,10,12,14,16,18,23,25,27,29,31H2,1-5H3,(H,37,38)(H,39,40). The first kappa shape index (κ1) is 36.8. The first-order valence-electron chi connectivity index (χ1n) is 14.4. The Bertz CT molecular complexity index is 1260. The molecular formula is C36H43NO4.